The van der Waals surface area contributed by atoms with Crippen molar-refractivity contribution >= 4 is 9.84 Å². The number of hydrogen-bond acceptors (Lipinski definition) is 7. The summed E-state index contributed by atoms with van der Waals surface area (Å²) in [4.78, 5) is 7.69. The van der Waals surface area contributed by atoms with Gasteiger partial charge in [-0.2, -0.15) is 0 Å². The fourth-order valence-corrected chi connectivity index (χ4v) is 4.26. The van der Waals surface area contributed by atoms with Gasteiger partial charge in [0.2, 0.25) is 0 Å². The Bertz CT molecular complexity index is 1090. The predicted molar refractivity (Wildman–Crippen MR) is 98.5 cm³/mol. The van der Waals surface area contributed by atoms with Crippen molar-refractivity contribution in [2.75, 3.05) is 0 Å². The lowest BCUT2D eigenvalue weighted by Gasteiger charge is -2.13. The topological polar surface area (TPSA) is 104 Å². The summed E-state index contributed by atoms with van der Waals surface area (Å²) in [6.45, 7) is 3.43. The molecule has 1 aliphatic rings. The molecule has 10 heteroatoms. The Kier molecular flexibility index (Phi) is 4.74. The first-order valence-corrected chi connectivity index (χ1v) is 10.7. The second kappa shape index (κ2) is 7.08. The van der Waals surface area contributed by atoms with Crippen LogP contribution in [0.3, 0.4) is 0 Å². The van der Waals surface area contributed by atoms with Crippen LogP contribution >= 0.6 is 0 Å². The molecule has 0 spiro atoms. The highest BCUT2D eigenvalue weighted by molar-refractivity contribution is 7.91. The lowest BCUT2D eigenvalue weighted by atomic mass is 10.3. The van der Waals surface area contributed by atoms with E-state index in [1.807, 2.05) is 23.6 Å². The van der Waals surface area contributed by atoms with E-state index in [0.29, 0.717) is 17.4 Å². The Morgan fingerprint density at radius 2 is 1.96 bits per heavy atom. The van der Waals surface area contributed by atoms with Crippen LogP contribution in [-0.4, -0.2) is 38.4 Å². The monoisotopic (exact) mass is 405 g/mol. The van der Waals surface area contributed by atoms with E-state index in [4.69, 9.17) is 4.42 Å². The molecule has 28 heavy (non-hydrogen) atoms. The molecule has 0 aromatic carbocycles. The van der Waals surface area contributed by atoms with E-state index in [0.717, 1.165) is 31.0 Å². The highest BCUT2D eigenvalue weighted by atomic mass is 32.2. The van der Waals surface area contributed by atoms with Gasteiger partial charge in [0.1, 0.15) is 23.2 Å². The molecule has 0 unspecified atom stereocenters. The number of aryl methyl sites for hydroxylation is 1. The van der Waals surface area contributed by atoms with Gasteiger partial charge >= 0.3 is 0 Å². The van der Waals surface area contributed by atoms with E-state index in [9.17, 15) is 12.8 Å². The zero-order valence-corrected chi connectivity index (χ0v) is 16.4. The second-order valence-corrected chi connectivity index (χ2v) is 9.51. The van der Waals surface area contributed by atoms with Crippen LogP contribution in [0, 0.1) is 12.7 Å². The molecule has 0 radical (unpaired) electrons. The summed E-state index contributed by atoms with van der Waals surface area (Å²) in [7, 11) is -3.54. The molecule has 8 nitrogen and oxygen atoms in total. The number of aromatic nitrogens is 5. The number of halogens is 1. The lowest BCUT2D eigenvalue weighted by Crippen LogP contribution is -2.24. The van der Waals surface area contributed by atoms with E-state index >= 15 is 0 Å². The Hall–Kier alpha value is -2.62. The normalized spacial score (nSPS) is 15.7. The quantitative estimate of drug-likeness (QED) is 0.595. The van der Waals surface area contributed by atoms with Crippen molar-refractivity contribution < 1.29 is 17.2 Å². The summed E-state index contributed by atoms with van der Waals surface area (Å²) >= 11 is 0. The molecule has 4 rings (SSSR count). The van der Waals surface area contributed by atoms with E-state index in [-0.39, 0.29) is 24.0 Å². The highest BCUT2D eigenvalue weighted by Crippen LogP contribution is 2.39. The van der Waals surface area contributed by atoms with Crippen molar-refractivity contribution in [3.05, 3.63) is 47.8 Å². The lowest BCUT2D eigenvalue weighted by molar-refractivity contribution is 0.536. The van der Waals surface area contributed by atoms with Crippen LogP contribution in [0.25, 0.3) is 11.6 Å². The Morgan fingerprint density at radius 1 is 1.25 bits per heavy atom. The van der Waals surface area contributed by atoms with E-state index in [2.05, 4.69) is 20.2 Å². The van der Waals surface area contributed by atoms with Gasteiger partial charge in [-0.1, -0.05) is 0 Å². The summed E-state index contributed by atoms with van der Waals surface area (Å²) in [6, 6.07) is 3.84. The average Bonchev–Trinajstić information content (AvgIpc) is 3.26. The fourth-order valence-electron chi connectivity index (χ4n) is 3.01. The molecule has 1 saturated carbocycles. The highest BCUT2D eigenvalue weighted by Gasteiger charge is 2.33. The minimum absolute atomic E-state index is 0.102. The molecule has 1 atom stereocenters. The van der Waals surface area contributed by atoms with Crippen molar-refractivity contribution in [3.8, 4) is 11.6 Å². The van der Waals surface area contributed by atoms with Gasteiger partial charge < -0.3 is 8.98 Å². The van der Waals surface area contributed by atoms with Crippen LogP contribution in [0.5, 0.6) is 0 Å². The first-order chi connectivity index (χ1) is 13.3. The number of furan rings is 1. The van der Waals surface area contributed by atoms with Crippen molar-refractivity contribution in [1.82, 2.24) is 24.7 Å². The third-order valence-corrected chi connectivity index (χ3v) is 6.78. The van der Waals surface area contributed by atoms with Gasteiger partial charge in [0.15, 0.2) is 27.2 Å². The minimum Gasteiger partial charge on any atom is -0.458 e. The van der Waals surface area contributed by atoms with Gasteiger partial charge in [-0.25, -0.2) is 22.8 Å². The molecule has 3 aromatic heterocycles. The summed E-state index contributed by atoms with van der Waals surface area (Å²) in [5.74, 6) is 1.77. The van der Waals surface area contributed by atoms with Crippen LogP contribution in [-0.2, 0) is 22.0 Å². The van der Waals surface area contributed by atoms with Gasteiger partial charge in [0.05, 0.1) is 17.6 Å². The van der Waals surface area contributed by atoms with E-state index in [1.54, 1.807) is 6.92 Å². The minimum atomic E-state index is -3.54. The summed E-state index contributed by atoms with van der Waals surface area (Å²) in [5, 5.41) is 7.59. The molecule has 3 heterocycles. The SMILES string of the molecule is Cc1ccc(-c2nnc(CS(=O)(=O)[C@H](C)Cc3ncc(F)cn3)n2C2CC2)o1. The maximum Gasteiger partial charge on any atom is 0.200 e. The first kappa shape index (κ1) is 18.7. The number of sulfone groups is 1. The molecule has 0 aliphatic heterocycles. The van der Waals surface area contributed by atoms with E-state index < -0.39 is 20.9 Å². The maximum atomic E-state index is 12.9. The fraction of sp³-hybridized carbons (Fsp3) is 0.444. The van der Waals surface area contributed by atoms with Gasteiger partial charge in [0, 0.05) is 12.5 Å². The number of hydrogen-bond donors (Lipinski definition) is 0. The van der Waals surface area contributed by atoms with Crippen LogP contribution in [0.15, 0.2) is 28.9 Å². The smallest absolute Gasteiger partial charge is 0.200 e. The largest absolute Gasteiger partial charge is 0.458 e. The molecular formula is C18H20FN5O3S. The summed E-state index contributed by atoms with van der Waals surface area (Å²) in [6.07, 6.45) is 4.07. The third kappa shape index (κ3) is 3.82. The van der Waals surface area contributed by atoms with E-state index in [1.165, 1.54) is 0 Å². The standard InChI is InChI=1S/C18H20FN5O3S/c1-11-3-6-15(27-11)18-23-22-17(24(18)14-4-5-14)10-28(25,26)12(2)7-16-20-8-13(19)9-21-16/h3,6,8-9,12,14H,4-5,7,10H2,1-2H3/t12-/m1/s1. The Labute approximate surface area is 161 Å². The van der Waals surface area contributed by atoms with Crippen molar-refractivity contribution in [2.24, 2.45) is 0 Å². The average molecular weight is 405 g/mol. The zero-order chi connectivity index (χ0) is 19.9. The molecule has 0 amide bonds. The van der Waals surface area contributed by atoms with Gasteiger partial charge in [-0.3, -0.25) is 0 Å². The van der Waals surface area contributed by atoms with Crippen LogP contribution in [0.1, 0.15) is 43.2 Å². The second-order valence-electron chi connectivity index (χ2n) is 7.09. The molecule has 1 fully saturated rings. The van der Waals surface area contributed by atoms with Gasteiger partial charge in [-0.15, -0.1) is 10.2 Å². The van der Waals surface area contributed by atoms with Crippen LogP contribution in [0.4, 0.5) is 4.39 Å². The Morgan fingerprint density at radius 3 is 2.57 bits per heavy atom. The molecule has 3 aromatic rings. The molecule has 148 valence electrons. The molecule has 1 aliphatic carbocycles. The van der Waals surface area contributed by atoms with Gasteiger partial charge in [0.25, 0.3) is 0 Å². The van der Waals surface area contributed by atoms with Crippen molar-refractivity contribution in [3.63, 3.8) is 0 Å². The van der Waals surface area contributed by atoms with Crippen LogP contribution in [0.2, 0.25) is 0 Å². The van der Waals surface area contributed by atoms with Gasteiger partial charge in [-0.05, 0) is 38.8 Å². The van der Waals surface area contributed by atoms with Crippen molar-refractivity contribution in [2.45, 2.75) is 50.2 Å². The predicted octanol–water partition coefficient (Wildman–Crippen LogP) is 2.66. The molecular weight excluding hydrogens is 385 g/mol. The molecule has 0 bridgehead atoms. The first-order valence-electron chi connectivity index (χ1n) is 9.02. The maximum absolute atomic E-state index is 12.9. The van der Waals surface area contributed by atoms with Crippen LogP contribution < -0.4 is 0 Å². The van der Waals surface area contributed by atoms with Crippen molar-refractivity contribution in [1.29, 1.82) is 0 Å². The summed E-state index contributed by atoms with van der Waals surface area (Å²) < 4.78 is 46.2. The third-order valence-electron chi connectivity index (χ3n) is 4.73. The number of rotatable bonds is 7. The zero-order valence-electron chi connectivity index (χ0n) is 15.5. The Balaban J connectivity index is 1.57. The molecule has 0 saturated heterocycles. The molecule has 0 N–H and O–H groups in total. The number of nitrogens with zero attached hydrogens (tertiary/aromatic N) is 5. The summed E-state index contributed by atoms with van der Waals surface area (Å²) in [5.41, 5.74) is 0.